The van der Waals surface area contributed by atoms with Crippen molar-refractivity contribution in [1.29, 1.82) is 0 Å². The van der Waals surface area contributed by atoms with Crippen LogP contribution in [-0.4, -0.2) is 14.8 Å². The summed E-state index contributed by atoms with van der Waals surface area (Å²) in [6.45, 7) is 0. The van der Waals surface area contributed by atoms with E-state index >= 15 is 0 Å². The van der Waals surface area contributed by atoms with Gasteiger partial charge in [-0.25, -0.2) is 9.07 Å². The minimum atomic E-state index is -0.255. The molecule has 0 spiro atoms. The van der Waals surface area contributed by atoms with Crippen LogP contribution in [-0.2, 0) is 0 Å². The fourth-order valence-electron chi connectivity index (χ4n) is 2.83. The summed E-state index contributed by atoms with van der Waals surface area (Å²) in [6, 6.07) is 12.3. The molecule has 0 saturated carbocycles. The molecule has 0 unspecified atom stereocenters. The van der Waals surface area contributed by atoms with Gasteiger partial charge in [0.15, 0.2) is 0 Å². The van der Waals surface area contributed by atoms with Crippen molar-refractivity contribution in [1.82, 2.24) is 14.8 Å². The van der Waals surface area contributed by atoms with E-state index in [1.807, 2.05) is 16.8 Å². The average Bonchev–Trinajstić information content (AvgIpc) is 3.09. The summed E-state index contributed by atoms with van der Waals surface area (Å²) < 4.78 is 15.1. The third-order valence-corrected chi connectivity index (χ3v) is 4.05. The summed E-state index contributed by atoms with van der Waals surface area (Å²) >= 11 is 0. The molecule has 3 aromatic rings. The van der Waals surface area contributed by atoms with Crippen molar-refractivity contribution in [3.8, 4) is 16.9 Å². The van der Waals surface area contributed by atoms with E-state index in [0.29, 0.717) is 0 Å². The van der Waals surface area contributed by atoms with Crippen LogP contribution in [0, 0.1) is 5.82 Å². The number of nitrogens with zero attached hydrogens (tertiary/aromatic N) is 3. The Morgan fingerprint density at radius 2 is 1.75 bits per heavy atom. The highest BCUT2D eigenvalue weighted by Gasteiger charge is 2.14. The monoisotopic (exact) mass is 317 g/mol. The molecule has 2 heterocycles. The minimum Gasteiger partial charge on any atom is -0.265 e. The van der Waals surface area contributed by atoms with E-state index < -0.39 is 0 Å². The molecule has 0 amide bonds. The number of hydrogen-bond acceptors (Lipinski definition) is 2. The van der Waals surface area contributed by atoms with E-state index in [2.05, 4.69) is 29.3 Å². The van der Waals surface area contributed by atoms with Crippen LogP contribution >= 0.6 is 0 Å². The second-order valence-corrected chi connectivity index (χ2v) is 5.68. The Labute approximate surface area is 139 Å². The van der Waals surface area contributed by atoms with Crippen molar-refractivity contribution < 1.29 is 4.39 Å². The van der Waals surface area contributed by atoms with Gasteiger partial charge in [0.05, 0.1) is 17.1 Å². The van der Waals surface area contributed by atoms with Gasteiger partial charge in [0, 0.05) is 18.0 Å². The van der Waals surface area contributed by atoms with E-state index in [1.54, 1.807) is 24.5 Å². The second-order valence-electron chi connectivity index (χ2n) is 5.68. The maximum Gasteiger partial charge on any atom is 0.123 e. The summed E-state index contributed by atoms with van der Waals surface area (Å²) in [6.07, 6.45) is 12.1. The van der Waals surface area contributed by atoms with E-state index in [-0.39, 0.29) is 5.82 Å². The molecule has 0 radical (unpaired) electrons. The van der Waals surface area contributed by atoms with Crippen molar-refractivity contribution in [2.75, 3.05) is 0 Å². The second kappa shape index (κ2) is 6.24. The number of pyridine rings is 1. The summed E-state index contributed by atoms with van der Waals surface area (Å²) in [5.74, 6) is -0.255. The Balaban J connectivity index is 1.87. The molecule has 118 valence electrons. The minimum absolute atomic E-state index is 0.255. The van der Waals surface area contributed by atoms with Gasteiger partial charge in [-0.3, -0.25) is 4.98 Å². The lowest BCUT2D eigenvalue weighted by atomic mass is 10.0. The van der Waals surface area contributed by atoms with Gasteiger partial charge in [0.1, 0.15) is 5.82 Å². The molecule has 1 aliphatic carbocycles. The van der Waals surface area contributed by atoms with Gasteiger partial charge in [0.25, 0.3) is 0 Å². The zero-order valence-corrected chi connectivity index (χ0v) is 13.1. The Hall–Kier alpha value is -3.01. The summed E-state index contributed by atoms with van der Waals surface area (Å²) in [4.78, 5) is 4.08. The lowest BCUT2D eigenvalue weighted by molar-refractivity contribution is 0.627. The molecule has 2 aromatic heterocycles. The van der Waals surface area contributed by atoms with Crippen molar-refractivity contribution in [2.24, 2.45) is 0 Å². The maximum atomic E-state index is 13.3. The molecule has 0 fully saturated rings. The van der Waals surface area contributed by atoms with Crippen molar-refractivity contribution in [2.45, 2.75) is 12.8 Å². The Kier molecular flexibility index (Phi) is 3.79. The smallest absolute Gasteiger partial charge is 0.123 e. The predicted octanol–water partition coefficient (Wildman–Crippen LogP) is 4.81. The lowest BCUT2D eigenvalue weighted by Crippen LogP contribution is -2.00. The van der Waals surface area contributed by atoms with Gasteiger partial charge >= 0.3 is 0 Å². The molecule has 3 nitrogen and oxygen atoms in total. The molecule has 1 aliphatic rings. The molecule has 24 heavy (non-hydrogen) atoms. The van der Waals surface area contributed by atoms with E-state index in [9.17, 15) is 4.39 Å². The third-order valence-electron chi connectivity index (χ3n) is 4.05. The SMILES string of the molecule is Fc1ccc(-n2nc(C3=CCCC=C3)cc2-c2ccncc2)cc1. The highest BCUT2D eigenvalue weighted by atomic mass is 19.1. The first-order chi connectivity index (χ1) is 11.8. The number of hydrogen-bond donors (Lipinski definition) is 0. The highest BCUT2D eigenvalue weighted by Crippen LogP contribution is 2.28. The fourth-order valence-corrected chi connectivity index (χ4v) is 2.83. The van der Waals surface area contributed by atoms with Crippen LogP contribution in [0.1, 0.15) is 18.5 Å². The molecule has 4 heteroatoms. The standard InChI is InChI=1S/C20H16FN3/c21-17-6-8-18(9-7-17)24-20(16-10-12-22-13-11-16)14-19(23-24)15-4-2-1-3-5-15/h2,4-14H,1,3H2. The zero-order chi connectivity index (χ0) is 16.4. The highest BCUT2D eigenvalue weighted by molar-refractivity contribution is 5.76. The van der Waals surface area contributed by atoms with Gasteiger partial charge in [-0.15, -0.1) is 0 Å². The lowest BCUT2D eigenvalue weighted by Gasteiger charge is -2.07. The van der Waals surface area contributed by atoms with E-state index in [4.69, 9.17) is 5.10 Å². The van der Waals surface area contributed by atoms with Crippen LogP contribution in [0.15, 0.2) is 73.1 Å². The van der Waals surface area contributed by atoms with Gasteiger partial charge in [0.2, 0.25) is 0 Å². The summed E-state index contributed by atoms with van der Waals surface area (Å²) in [5, 5.41) is 4.76. The van der Waals surface area contributed by atoms with E-state index in [1.165, 1.54) is 12.1 Å². The summed E-state index contributed by atoms with van der Waals surface area (Å²) in [7, 11) is 0. The largest absolute Gasteiger partial charge is 0.265 e. The summed E-state index contributed by atoms with van der Waals surface area (Å²) in [5.41, 5.74) is 4.85. The molecule has 0 saturated heterocycles. The molecule has 0 aliphatic heterocycles. The fraction of sp³-hybridized carbons (Fsp3) is 0.100. The maximum absolute atomic E-state index is 13.3. The van der Waals surface area contributed by atoms with Gasteiger partial charge in [-0.1, -0.05) is 18.2 Å². The number of halogens is 1. The average molecular weight is 317 g/mol. The van der Waals surface area contributed by atoms with Gasteiger partial charge in [-0.2, -0.15) is 5.10 Å². The molecule has 0 N–H and O–H groups in total. The van der Waals surface area contributed by atoms with Crippen LogP contribution in [0.3, 0.4) is 0 Å². The first kappa shape index (κ1) is 14.6. The van der Waals surface area contributed by atoms with Crippen LogP contribution in [0.5, 0.6) is 0 Å². The van der Waals surface area contributed by atoms with Gasteiger partial charge in [-0.05, 0) is 60.9 Å². The Bertz CT molecular complexity index is 906. The van der Waals surface area contributed by atoms with Crippen LogP contribution < -0.4 is 0 Å². The molecule has 1 aromatic carbocycles. The molecular formula is C20H16FN3. The third kappa shape index (κ3) is 2.78. The first-order valence-corrected chi connectivity index (χ1v) is 7.95. The number of rotatable bonds is 3. The van der Waals surface area contributed by atoms with Crippen molar-refractivity contribution >= 4 is 5.57 Å². The quantitative estimate of drug-likeness (QED) is 0.694. The predicted molar refractivity (Wildman–Crippen MR) is 93.1 cm³/mol. The van der Waals surface area contributed by atoms with Crippen molar-refractivity contribution in [3.05, 3.63) is 84.6 Å². The first-order valence-electron chi connectivity index (χ1n) is 7.95. The molecule has 4 rings (SSSR count). The van der Waals surface area contributed by atoms with Crippen molar-refractivity contribution in [3.63, 3.8) is 0 Å². The van der Waals surface area contributed by atoms with E-state index in [0.717, 1.165) is 41.1 Å². The Morgan fingerprint density at radius 1 is 0.958 bits per heavy atom. The topological polar surface area (TPSA) is 30.7 Å². The number of aromatic nitrogens is 3. The van der Waals surface area contributed by atoms with Crippen LogP contribution in [0.25, 0.3) is 22.5 Å². The Morgan fingerprint density at radius 3 is 2.46 bits per heavy atom. The van der Waals surface area contributed by atoms with Crippen LogP contribution in [0.4, 0.5) is 4.39 Å². The van der Waals surface area contributed by atoms with Gasteiger partial charge < -0.3 is 0 Å². The molecule has 0 atom stereocenters. The number of allylic oxidation sites excluding steroid dienone is 4. The molecule has 0 bridgehead atoms. The normalized spacial score (nSPS) is 13.8. The molecular weight excluding hydrogens is 301 g/mol. The zero-order valence-electron chi connectivity index (χ0n) is 13.1. The number of benzene rings is 1. The van der Waals surface area contributed by atoms with Crippen LogP contribution in [0.2, 0.25) is 0 Å².